The molecule has 0 aliphatic carbocycles. The molecule has 0 aliphatic heterocycles. The van der Waals surface area contributed by atoms with Crippen molar-refractivity contribution in [2.24, 2.45) is 0 Å². The predicted octanol–water partition coefficient (Wildman–Crippen LogP) is 1.13. The number of ether oxygens (including phenoxy) is 5. The molecule has 0 aromatic carbocycles. The van der Waals surface area contributed by atoms with Gasteiger partial charge >= 0.3 is 29.8 Å². The molecule has 10 heteroatoms. The van der Waals surface area contributed by atoms with Gasteiger partial charge in [-0.3, -0.25) is 0 Å². The summed E-state index contributed by atoms with van der Waals surface area (Å²) in [7, 11) is 0. The molecule has 0 amide bonds. The van der Waals surface area contributed by atoms with Gasteiger partial charge in [0.25, 0.3) is 0 Å². The summed E-state index contributed by atoms with van der Waals surface area (Å²) in [6, 6.07) is 0. The Morgan fingerprint density at radius 3 is 1.48 bits per heavy atom. The van der Waals surface area contributed by atoms with Gasteiger partial charge in [-0.15, -0.1) is 0 Å². The van der Waals surface area contributed by atoms with Gasteiger partial charge in [0.1, 0.15) is 12.7 Å². The van der Waals surface area contributed by atoms with Crippen molar-refractivity contribution in [3.05, 3.63) is 63.3 Å². The molecule has 0 saturated heterocycles. The first kappa shape index (κ1) is 27.0. The molecule has 31 heavy (non-hydrogen) atoms. The van der Waals surface area contributed by atoms with E-state index in [9.17, 15) is 24.0 Å². The Morgan fingerprint density at radius 1 is 0.581 bits per heavy atom. The predicted molar refractivity (Wildman–Crippen MR) is 107 cm³/mol. The molecule has 0 N–H and O–H groups in total. The SMILES string of the molecule is C=CC(=O)OCCC(OC(=O)C=C)C(OC(=O)C=C)C(COC(=O)C=C)OC(=O)C=C. The molecule has 0 aromatic rings. The summed E-state index contributed by atoms with van der Waals surface area (Å²) in [5.74, 6) is -4.40. The largest absolute Gasteiger partial charge is 0.462 e. The van der Waals surface area contributed by atoms with Crippen LogP contribution in [-0.4, -0.2) is 61.4 Å². The second-order valence-corrected chi connectivity index (χ2v) is 5.46. The topological polar surface area (TPSA) is 132 Å². The highest BCUT2D eigenvalue weighted by atomic mass is 16.6. The van der Waals surface area contributed by atoms with Crippen molar-refractivity contribution in [3.8, 4) is 0 Å². The molecule has 10 nitrogen and oxygen atoms in total. The molecule has 0 fully saturated rings. The van der Waals surface area contributed by atoms with Gasteiger partial charge in [0.05, 0.1) is 6.61 Å². The van der Waals surface area contributed by atoms with Crippen molar-refractivity contribution >= 4 is 29.8 Å². The third kappa shape index (κ3) is 11.0. The van der Waals surface area contributed by atoms with E-state index in [1.54, 1.807) is 0 Å². The Labute approximate surface area is 179 Å². The normalized spacial score (nSPS) is 12.5. The van der Waals surface area contributed by atoms with Crippen molar-refractivity contribution in [1.29, 1.82) is 0 Å². The Balaban J connectivity index is 5.96. The van der Waals surface area contributed by atoms with Gasteiger partial charge in [-0.25, -0.2) is 24.0 Å². The highest BCUT2D eigenvalue weighted by Gasteiger charge is 2.38. The molecule has 0 spiro atoms. The van der Waals surface area contributed by atoms with Crippen LogP contribution in [0.25, 0.3) is 0 Å². The van der Waals surface area contributed by atoms with Crippen molar-refractivity contribution in [2.75, 3.05) is 13.2 Å². The molecule has 0 radical (unpaired) electrons. The summed E-state index contributed by atoms with van der Waals surface area (Å²) < 4.78 is 25.3. The second-order valence-electron chi connectivity index (χ2n) is 5.46. The van der Waals surface area contributed by atoms with Crippen LogP contribution in [0.4, 0.5) is 0 Å². The van der Waals surface area contributed by atoms with Crippen LogP contribution in [0, 0.1) is 0 Å². The number of hydrogen-bond donors (Lipinski definition) is 0. The lowest BCUT2D eigenvalue weighted by molar-refractivity contribution is -0.186. The lowest BCUT2D eigenvalue weighted by atomic mass is 10.0. The summed E-state index contributed by atoms with van der Waals surface area (Å²) in [4.78, 5) is 58.2. The van der Waals surface area contributed by atoms with Crippen LogP contribution in [-0.2, 0) is 47.7 Å². The molecule has 0 heterocycles. The average Bonchev–Trinajstić information content (AvgIpc) is 2.78. The minimum absolute atomic E-state index is 0.189. The lowest BCUT2D eigenvalue weighted by Crippen LogP contribution is -2.48. The Kier molecular flexibility index (Phi) is 13.1. The summed E-state index contributed by atoms with van der Waals surface area (Å²) in [6.07, 6.45) is -0.148. The minimum atomic E-state index is -1.49. The smallest absolute Gasteiger partial charge is 0.330 e. The third-order valence-electron chi connectivity index (χ3n) is 3.39. The minimum Gasteiger partial charge on any atom is -0.462 e. The van der Waals surface area contributed by atoms with Crippen LogP contribution in [0.1, 0.15) is 6.42 Å². The van der Waals surface area contributed by atoms with Gasteiger partial charge in [-0.05, 0) is 0 Å². The lowest BCUT2D eigenvalue weighted by Gasteiger charge is -2.31. The van der Waals surface area contributed by atoms with Crippen molar-refractivity contribution < 1.29 is 47.7 Å². The Hall–Kier alpha value is -3.95. The number of carbonyl (C=O) groups is 5. The monoisotopic (exact) mass is 436 g/mol. The molecule has 3 atom stereocenters. The van der Waals surface area contributed by atoms with E-state index in [1.165, 1.54) is 0 Å². The van der Waals surface area contributed by atoms with E-state index in [4.69, 9.17) is 23.7 Å². The Morgan fingerprint density at radius 2 is 1.00 bits per heavy atom. The fraction of sp³-hybridized carbons (Fsp3) is 0.286. The summed E-state index contributed by atoms with van der Waals surface area (Å²) in [6.45, 7) is 15.4. The maximum Gasteiger partial charge on any atom is 0.330 e. The van der Waals surface area contributed by atoms with Gasteiger partial charge in [0.2, 0.25) is 0 Å². The van der Waals surface area contributed by atoms with Gasteiger partial charge in [-0.1, -0.05) is 32.9 Å². The van der Waals surface area contributed by atoms with Crippen molar-refractivity contribution in [1.82, 2.24) is 0 Å². The number of hydrogen-bond acceptors (Lipinski definition) is 10. The van der Waals surface area contributed by atoms with Crippen LogP contribution in [0.3, 0.4) is 0 Å². The molecule has 0 aliphatic rings. The van der Waals surface area contributed by atoms with E-state index in [2.05, 4.69) is 32.9 Å². The van der Waals surface area contributed by atoms with E-state index in [0.29, 0.717) is 0 Å². The van der Waals surface area contributed by atoms with E-state index < -0.39 is 54.8 Å². The molecular formula is C21H24O10. The molecule has 0 aromatic heterocycles. The fourth-order valence-electron chi connectivity index (χ4n) is 2.01. The van der Waals surface area contributed by atoms with E-state index in [0.717, 1.165) is 30.4 Å². The summed E-state index contributed by atoms with van der Waals surface area (Å²) in [5, 5.41) is 0. The number of esters is 5. The Bertz CT molecular complexity index is 736. The van der Waals surface area contributed by atoms with E-state index >= 15 is 0 Å². The van der Waals surface area contributed by atoms with Gasteiger partial charge < -0.3 is 23.7 Å². The fourth-order valence-corrected chi connectivity index (χ4v) is 2.01. The van der Waals surface area contributed by atoms with Gasteiger partial charge in [0.15, 0.2) is 12.2 Å². The van der Waals surface area contributed by atoms with Crippen molar-refractivity contribution in [3.63, 3.8) is 0 Å². The highest BCUT2D eigenvalue weighted by molar-refractivity contribution is 5.83. The van der Waals surface area contributed by atoms with Crippen LogP contribution in [0.2, 0.25) is 0 Å². The van der Waals surface area contributed by atoms with Crippen LogP contribution in [0.5, 0.6) is 0 Å². The molecule has 0 saturated carbocycles. The number of rotatable bonds is 15. The maximum absolute atomic E-state index is 11.9. The molecule has 168 valence electrons. The zero-order valence-corrected chi connectivity index (χ0v) is 16.9. The van der Waals surface area contributed by atoms with Crippen molar-refractivity contribution in [2.45, 2.75) is 24.7 Å². The zero-order valence-electron chi connectivity index (χ0n) is 16.9. The quantitative estimate of drug-likeness (QED) is 0.209. The van der Waals surface area contributed by atoms with Gasteiger partial charge in [-0.2, -0.15) is 0 Å². The van der Waals surface area contributed by atoms with Gasteiger partial charge in [0, 0.05) is 36.8 Å². The second kappa shape index (κ2) is 15.0. The zero-order chi connectivity index (χ0) is 23.8. The first-order chi connectivity index (χ1) is 14.7. The maximum atomic E-state index is 11.9. The molecule has 3 unspecified atom stereocenters. The molecule has 0 bridgehead atoms. The standard InChI is InChI=1S/C21H24O10/c1-6-16(22)27-12-11-14(29-18(24)8-3)21(31-20(26)10-5)15(30-19(25)9-4)13-28-17(23)7-2/h6-10,14-15,21H,1-5,11-13H2. The first-order valence-corrected chi connectivity index (χ1v) is 8.79. The third-order valence-corrected chi connectivity index (χ3v) is 3.39. The number of carbonyl (C=O) groups excluding carboxylic acids is 5. The van der Waals surface area contributed by atoms with E-state index in [1.807, 2.05) is 0 Å². The highest BCUT2D eigenvalue weighted by Crippen LogP contribution is 2.18. The summed E-state index contributed by atoms with van der Waals surface area (Å²) in [5.41, 5.74) is 0. The summed E-state index contributed by atoms with van der Waals surface area (Å²) >= 11 is 0. The molecule has 0 rings (SSSR count). The first-order valence-electron chi connectivity index (χ1n) is 8.79. The van der Waals surface area contributed by atoms with Crippen LogP contribution in [0.15, 0.2) is 63.3 Å². The van der Waals surface area contributed by atoms with Crippen LogP contribution >= 0.6 is 0 Å². The van der Waals surface area contributed by atoms with E-state index in [-0.39, 0.29) is 13.0 Å². The van der Waals surface area contributed by atoms with Crippen LogP contribution < -0.4 is 0 Å². The average molecular weight is 436 g/mol. The molecular weight excluding hydrogens is 412 g/mol.